The van der Waals surface area contributed by atoms with E-state index >= 15 is 0 Å². The Kier molecular flexibility index (Phi) is 4.24. The standard InChI is InChI=1S/C22H17F2N7O2/c23-13-7-14-16(30-31(20(14)25-9-13)10-12-3-1-2-4-15(12)24)18-26-19-17(28-29-18)22(33,21(32)27-19)8-11-5-6-11/h1-4,7,9,11,33H,5-6,8,10H2,(H,26,27,29,32). The highest BCUT2D eigenvalue weighted by Crippen LogP contribution is 2.45. The highest BCUT2D eigenvalue weighted by molar-refractivity contribution is 6.03. The molecule has 0 radical (unpaired) electrons. The van der Waals surface area contributed by atoms with Crippen LogP contribution in [0.2, 0.25) is 0 Å². The summed E-state index contributed by atoms with van der Waals surface area (Å²) in [7, 11) is 0. The molecule has 1 fully saturated rings. The first-order valence-corrected chi connectivity index (χ1v) is 10.5. The van der Waals surface area contributed by atoms with Gasteiger partial charge in [0.05, 0.1) is 18.1 Å². The zero-order chi connectivity index (χ0) is 22.7. The van der Waals surface area contributed by atoms with Crippen LogP contribution in [0.3, 0.4) is 0 Å². The number of aromatic nitrogens is 6. The summed E-state index contributed by atoms with van der Waals surface area (Å²) in [6.07, 6.45) is 3.21. The number of anilines is 1. The van der Waals surface area contributed by atoms with Crippen LogP contribution in [-0.4, -0.2) is 41.0 Å². The lowest BCUT2D eigenvalue weighted by atomic mass is 9.94. The number of aliphatic hydroxyl groups is 1. The lowest BCUT2D eigenvalue weighted by Crippen LogP contribution is -2.35. The number of hydrogen-bond donors (Lipinski definition) is 2. The molecule has 1 unspecified atom stereocenters. The maximum atomic E-state index is 14.2. The number of nitrogens with one attached hydrogen (secondary N) is 1. The van der Waals surface area contributed by atoms with Crippen molar-refractivity contribution in [3.8, 4) is 11.5 Å². The van der Waals surface area contributed by atoms with E-state index in [0.717, 1.165) is 19.0 Å². The molecule has 11 heteroatoms. The van der Waals surface area contributed by atoms with Gasteiger partial charge in [0.2, 0.25) is 5.82 Å². The first-order chi connectivity index (χ1) is 15.9. The maximum absolute atomic E-state index is 14.2. The van der Waals surface area contributed by atoms with Gasteiger partial charge in [-0.2, -0.15) is 5.10 Å². The number of amides is 1. The molecule has 2 aliphatic rings. The number of fused-ring (bicyclic) bond motifs is 2. The van der Waals surface area contributed by atoms with Gasteiger partial charge in [0.1, 0.15) is 23.0 Å². The molecule has 0 saturated heterocycles. The lowest BCUT2D eigenvalue weighted by molar-refractivity contribution is -0.135. The molecule has 6 rings (SSSR count). The number of benzene rings is 1. The predicted molar refractivity (Wildman–Crippen MR) is 112 cm³/mol. The topological polar surface area (TPSA) is 119 Å². The third kappa shape index (κ3) is 3.23. The van der Waals surface area contributed by atoms with Crippen LogP contribution in [0.25, 0.3) is 22.6 Å². The largest absolute Gasteiger partial charge is 0.374 e. The van der Waals surface area contributed by atoms with E-state index < -0.39 is 23.1 Å². The first-order valence-electron chi connectivity index (χ1n) is 10.5. The number of nitrogens with zero attached hydrogens (tertiary/aromatic N) is 6. The lowest BCUT2D eigenvalue weighted by Gasteiger charge is -2.18. The summed E-state index contributed by atoms with van der Waals surface area (Å²) in [4.78, 5) is 20.9. The molecule has 1 atom stereocenters. The normalized spacial score (nSPS) is 19.7. The summed E-state index contributed by atoms with van der Waals surface area (Å²) in [6, 6.07) is 7.49. The fourth-order valence-electron chi connectivity index (χ4n) is 4.14. The molecule has 1 saturated carbocycles. The second-order valence-corrected chi connectivity index (χ2v) is 8.42. The Morgan fingerprint density at radius 1 is 1.21 bits per heavy atom. The SMILES string of the molecule is O=C1Nc2nc(-c3nn(Cc4ccccc4F)c4ncc(F)cc34)nnc2C1(O)CC1CC1. The maximum Gasteiger partial charge on any atom is 0.264 e. The Morgan fingerprint density at radius 3 is 2.82 bits per heavy atom. The first kappa shape index (κ1) is 19.8. The molecular formula is C22H17F2N7O2. The molecule has 4 heterocycles. The van der Waals surface area contributed by atoms with Crippen LogP contribution in [0, 0.1) is 17.6 Å². The quantitative estimate of drug-likeness (QED) is 0.481. The van der Waals surface area contributed by atoms with Crippen LogP contribution >= 0.6 is 0 Å². The minimum absolute atomic E-state index is 0.0226. The third-order valence-corrected chi connectivity index (χ3v) is 6.01. The fourth-order valence-corrected chi connectivity index (χ4v) is 4.14. The van der Waals surface area contributed by atoms with Gasteiger partial charge in [0, 0.05) is 5.56 Å². The van der Waals surface area contributed by atoms with Crippen LogP contribution in [0.5, 0.6) is 0 Å². The van der Waals surface area contributed by atoms with Crippen LogP contribution in [0.4, 0.5) is 14.6 Å². The van der Waals surface area contributed by atoms with E-state index in [1.165, 1.54) is 16.8 Å². The molecule has 1 aromatic carbocycles. The van der Waals surface area contributed by atoms with Gasteiger partial charge in [-0.3, -0.25) is 4.79 Å². The molecule has 9 nitrogen and oxygen atoms in total. The van der Waals surface area contributed by atoms with Crippen molar-refractivity contribution < 1.29 is 18.7 Å². The van der Waals surface area contributed by atoms with E-state index in [-0.39, 0.29) is 41.9 Å². The van der Waals surface area contributed by atoms with Crippen LogP contribution in [-0.2, 0) is 16.9 Å². The summed E-state index contributed by atoms with van der Waals surface area (Å²) in [5, 5.41) is 26.4. The average molecular weight is 449 g/mol. The second-order valence-electron chi connectivity index (χ2n) is 8.42. The number of hydrogen-bond acceptors (Lipinski definition) is 7. The number of halogens is 2. The summed E-state index contributed by atoms with van der Waals surface area (Å²) >= 11 is 0. The van der Waals surface area contributed by atoms with Gasteiger partial charge < -0.3 is 10.4 Å². The molecule has 1 amide bonds. The highest BCUT2D eigenvalue weighted by Gasteiger charge is 2.51. The van der Waals surface area contributed by atoms with E-state index in [4.69, 9.17) is 0 Å². The smallest absolute Gasteiger partial charge is 0.264 e. The van der Waals surface area contributed by atoms with Crippen molar-refractivity contribution in [3.63, 3.8) is 0 Å². The van der Waals surface area contributed by atoms with E-state index in [2.05, 4.69) is 30.6 Å². The van der Waals surface area contributed by atoms with Crippen molar-refractivity contribution in [3.05, 3.63) is 59.4 Å². The highest BCUT2D eigenvalue weighted by atomic mass is 19.1. The Bertz CT molecular complexity index is 1440. The second kappa shape index (κ2) is 7.07. The minimum atomic E-state index is -1.77. The van der Waals surface area contributed by atoms with E-state index in [1.54, 1.807) is 18.2 Å². The van der Waals surface area contributed by atoms with Gasteiger partial charge >= 0.3 is 0 Å². The molecule has 33 heavy (non-hydrogen) atoms. The van der Waals surface area contributed by atoms with Gasteiger partial charge in [-0.05, 0) is 24.5 Å². The Labute approximate surface area is 185 Å². The van der Waals surface area contributed by atoms with Crippen molar-refractivity contribution in [2.75, 3.05) is 5.32 Å². The van der Waals surface area contributed by atoms with Crippen molar-refractivity contribution in [2.45, 2.75) is 31.4 Å². The average Bonchev–Trinajstić information content (AvgIpc) is 3.48. The Hall–Kier alpha value is -3.86. The summed E-state index contributed by atoms with van der Waals surface area (Å²) in [5.74, 6) is -1.21. The molecule has 0 spiro atoms. The molecule has 4 aromatic rings. The Balaban J connectivity index is 1.44. The summed E-state index contributed by atoms with van der Waals surface area (Å²) in [5.41, 5.74) is -0.828. The molecule has 166 valence electrons. The summed E-state index contributed by atoms with van der Waals surface area (Å²) in [6.45, 7) is 0.0536. The molecular weight excluding hydrogens is 432 g/mol. The third-order valence-electron chi connectivity index (χ3n) is 6.01. The monoisotopic (exact) mass is 449 g/mol. The van der Waals surface area contributed by atoms with E-state index in [1.807, 2.05) is 0 Å². The van der Waals surface area contributed by atoms with Gasteiger partial charge in [0.25, 0.3) is 5.91 Å². The van der Waals surface area contributed by atoms with Crippen molar-refractivity contribution >= 4 is 22.8 Å². The van der Waals surface area contributed by atoms with Gasteiger partial charge in [-0.15, -0.1) is 10.2 Å². The van der Waals surface area contributed by atoms with Crippen LogP contribution < -0.4 is 5.32 Å². The molecule has 1 aliphatic heterocycles. The van der Waals surface area contributed by atoms with Crippen molar-refractivity contribution in [1.29, 1.82) is 0 Å². The van der Waals surface area contributed by atoms with E-state index in [0.29, 0.717) is 16.6 Å². The molecule has 2 N–H and O–H groups in total. The summed E-state index contributed by atoms with van der Waals surface area (Å²) < 4.78 is 29.7. The zero-order valence-corrected chi connectivity index (χ0v) is 17.2. The predicted octanol–water partition coefficient (Wildman–Crippen LogP) is 2.55. The zero-order valence-electron chi connectivity index (χ0n) is 17.2. The fraction of sp³-hybridized carbons (Fsp3) is 0.273. The Morgan fingerprint density at radius 2 is 2.03 bits per heavy atom. The van der Waals surface area contributed by atoms with Crippen LogP contribution in [0.15, 0.2) is 36.5 Å². The number of carbonyl (C=O) groups is 1. The van der Waals surface area contributed by atoms with Crippen molar-refractivity contribution in [2.24, 2.45) is 5.92 Å². The van der Waals surface area contributed by atoms with Gasteiger partial charge in [-0.1, -0.05) is 31.0 Å². The van der Waals surface area contributed by atoms with Crippen LogP contribution in [0.1, 0.15) is 30.5 Å². The molecule has 0 bridgehead atoms. The van der Waals surface area contributed by atoms with E-state index in [9.17, 15) is 18.7 Å². The van der Waals surface area contributed by atoms with Gasteiger partial charge in [-0.25, -0.2) is 23.4 Å². The number of rotatable bonds is 5. The van der Waals surface area contributed by atoms with Gasteiger partial charge in [0.15, 0.2) is 17.1 Å². The molecule has 3 aromatic heterocycles. The van der Waals surface area contributed by atoms with Crippen molar-refractivity contribution in [1.82, 2.24) is 29.9 Å². The number of pyridine rings is 1. The number of carbonyl (C=O) groups excluding carboxylic acids is 1. The molecule has 1 aliphatic carbocycles. The minimum Gasteiger partial charge on any atom is -0.374 e.